The molecule has 0 bridgehead atoms. The Balaban J connectivity index is 1.46. The van der Waals surface area contributed by atoms with Crippen molar-refractivity contribution < 1.29 is 9.53 Å². The van der Waals surface area contributed by atoms with Gasteiger partial charge in [0.1, 0.15) is 6.10 Å². The molecule has 0 aromatic heterocycles. The number of nitrogens with zero attached hydrogens (tertiary/aromatic N) is 1. The number of anilines is 2. The van der Waals surface area contributed by atoms with E-state index in [1.165, 1.54) is 0 Å². The van der Waals surface area contributed by atoms with Crippen molar-refractivity contribution in [3.05, 3.63) is 119 Å². The minimum Gasteiger partial charge on any atom is -0.440 e. The molecule has 5 rings (SSSR count). The van der Waals surface area contributed by atoms with Crippen molar-refractivity contribution in [2.75, 3.05) is 23.3 Å². The van der Waals surface area contributed by atoms with Gasteiger partial charge in [-0.1, -0.05) is 78.3 Å². The maximum Gasteiger partial charge on any atom is 0.412 e. The number of fused-ring (bicyclic) bond motifs is 3. The molecule has 1 aliphatic rings. The number of hydrogen-bond acceptors (Lipinski definition) is 3. The summed E-state index contributed by atoms with van der Waals surface area (Å²) >= 11 is 6.66. The van der Waals surface area contributed by atoms with E-state index in [-0.39, 0.29) is 5.92 Å². The van der Waals surface area contributed by atoms with E-state index in [0.717, 1.165) is 46.6 Å². The minimum absolute atomic E-state index is 0.173. The van der Waals surface area contributed by atoms with Crippen LogP contribution in [0, 0.1) is 0 Å². The number of amides is 1. The van der Waals surface area contributed by atoms with Gasteiger partial charge in [0.15, 0.2) is 0 Å². The van der Waals surface area contributed by atoms with Crippen LogP contribution in [-0.4, -0.2) is 19.2 Å². The molecule has 1 aliphatic carbocycles. The number of carbonyl (C=O) groups excluding carboxylic acids is 1. The van der Waals surface area contributed by atoms with E-state index in [2.05, 4.69) is 42.3 Å². The van der Waals surface area contributed by atoms with Gasteiger partial charge in [-0.2, -0.15) is 0 Å². The molecule has 0 saturated heterocycles. The first kappa shape index (κ1) is 24.0. The van der Waals surface area contributed by atoms with Gasteiger partial charge in [0, 0.05) is 35.1 Å². The average molecular weight is 497 g/mol. The highest BCUT2D eigenvalue weighted by Gasteiger charge is 2.38. The third-order valence-corrected chi connectivity index (χ3v) is 7.17. The Kier molecular flexibility index (Phi) is 6.97. The zero-order chi connectivity index (χ0) is 25.1. The molecule has 36 heavy (non-hydrogen) atoms. The Labute approximate surface area is 217 Å². The molecule has 0 spiro atoms. The Morgan fingerprint density at radius 3 is 2.25 bits per heavy atom. The molecule has 5 heteroatoms. The van der Waals surface area contributed by atoms with Crippen LogP contribution in [0.3, 0.4) is 0 Å². The molecule has 0 heterocycles. The molecule has 2 unspecified atom stereocenters. The van der Waals surface area contributed by atoms with E-state index in [4.69, 9.17) is 16.3 Å². The van der Waals surface area contributed by atoms with Crippen LogP contribution in [0.15, 0.2) is 97.1 Å². The van der Waals surface area contributed by atoms with Crippen LogP contribution >= 0.6 is 11.6 Å². The summed E-state index contributed by atoms with van der Waals surface area (Å²) in [6.45, 7) is 6.11. The van der Waals surface area contributed by atoms with Crippen LogP contribution in [0.2, 0.25) is 5.02 Å². The van der Waals surface area contributed by atoms with Crippen molar-refractivity contribution in [3.8, 4) is 11.1 Å². The number of rotatable bonds is 7. The van der Waals surface area contributed by atoms with Gasteiger partial charge in [0.2, 0.25) is 0 Å². The van der Waals surface area contributed by atoms with Gasteiger partial charge in [0.25, 0.3) is 0 Å². The van der Waals surface area contributed by atoms with Crippen molar-refractivity contribution in [1.29, 1.82) is 0 Å². The van der Waals surface area contributed by atoms with E-state index in [9.17, 15) is 4.79 Å². The first-order valence-electron chi connectivity index (χ1n) is 12.4. The zero-order valence-electron chi connectivity index (χ0n) is 20.4. The third-order valence-electron chi connectivity index (χ3n) is 6.85. The lowest BCUT2D eigenvalue weighted by Gasteiger charge is -2.26. The van der Waals surface area contributed by atoms with Crippen LogP contribution in [0.4, 0.5) is 16.2 Å². The first-order valence-corrected chi connectivity index (χ1v) is 12.7. The van der Waals surface area contributed by atoms with Crippen LogP contribution < -0.4 is 10.2 Å². The lowest BCUT2D eigenvalue weighted by Crippen LogP contribution is -2.23. The van der Waals surface area contributed by atoms with Crippen LogP contribution in [0.5, 0.6) is 0 Å². The normalized spacial score (nSPS) is 14.5. The van der Waals surface area contributed by atoms with Crippen molar-refractivity contribution in [2.24, 2.45) is 0 Å². The molecular weight excluding hydrogens is 468 g/mol. The Morgan fingerprint density at radius 1 is 0.861 bits per heavy atom. The van der Waals surface area contributed by atoms with Crippen LogP contribution in [-0.2, 0) is 4.74 Å². The quantitative estimate of drug-likeness (QED) is 0.280. The summed E-state index contributed by atoms with van der Waals surface area (Å²) in [7, 11) is 0. The predicted molar refractivity (Wildman–Crippen MR) is 148 cm³/mol. The number of hydrogen-bond donors (Lipinski definition) is 1. The number of halogens is 1. The summed E-state index contributed by atoms with van der Waals surface area (Å²) in [6, 6.07) is 31.9. The second-order valence-electron chi connectivity index (χ2n) is 8.85. The zero-order valence-corrected chi connectivity index (χ0v) is 21.2. The molecule has 4 nitrogen and oxygen atoms in total. The van der Waals surface area contributed by atoms with E-state index >= 15 is 0 Å². The molecule has 1 amide bonds. The molecule has 0 aliphatic heterocycles. The van der Waals surface area contributed by atoms with Gasteiger partial charge in [0.05, 0.1) is 5.92 Å². The smallest absolute Gasteiger partial charge is 0.412 e. The lowest BCUT2D eigenvalue weighted by atomic mass is 9.87. The van der Waals surface area contributed by atoms with E-state index in [1.807, 2.05) is 78.9 Å². The van der Waals surface area contributed by atoms with Gasteiger partial charge in [-0.25, -0.2) is 4.79 Å². The van der Waals surface area contributed by atoms with Gasteiger partial charge in [-0.15, -0.1) is 0 Å². The monoisotopic (exact) mass is 496 g/mol. The van der Waals surface area contributed by atoms with E-state index in [0.29, 0.717) is 10.7 Å². The van der Waals surface area contributed by atoms with Crippen molar-refractivity contribution in [1.82, 2.24) is 0 Å². The topological polar surface area (TPSA) is 41.6 Å². The molecule has 182 valence electrons. The highest BCUT2D eigenvalue weighted by atomic mass is 35.5. The maximum absolute atomic E-state index is 13.2. The second-order valence-corrected chi connectivity index (χ2v) is 9.26. The van der Waals surface area contributed by atoms with Crippen LogP contribution in [0.1, 0.15) is 42.6 Å². The predicted octanol–water partition coefficient (Wildman–Crippen LogP) is 8.29. The van der Waals surface area contributed by atoms with Crippen molar-refractivity contribution >= 4 is 29.1 Å². The summed E-state index contributed by atoms with van der Waals surface area (Å²) < 4.78 is 6.19. The Morgan fingerprint density at radius 2 is 1.53 bits per heavy atom. The average Bonchev–Trinajstić information content (AvgIpc) is 3.25. The summed E-state index contributed by atoms with van der Waals surface area (Å²) in [5, 5.41) is 3.62. The second kappa shape index (κ2) is 10.5. The number of carbonyl (C=O) groups is 1. The molecule has 4 aromatic rings. The molecule has 0 fully saturated rings. The summed E-state index contributed by atoms with van der Waals surface area (Å²) in [6.07, 6.45) is -1.02. The standard InChI is InChI=1S/C31H29ClN2O2/c1-3-34(4-2)23-19-17-22(18-20-23)33-31(35)36-30(21-11-6-5-7-12-21)29-25-14-9-8-13-24(25)28-26(29)15-10-16-27(28)32/h5-20,29-30H,3-4H2,1-2H3,(H,33,35). The fourth-order valence-electron chi connectivity index (χ4n) is 5.15. The van der Waals surface area contributed by atoms with Gasteiger partial charge >= 0.3 is 6.09 Å². The van der Waals surface area contributed by atoms with Crippen molar-refractivity contribution in [2.45, 2.75) is 25.9 Å². The number of nitrogens with one attached hydrogen (secondary N) is 1. The Hall–Kier alpha value is -3.76. The highest BCUT2D eigenvalue weighted by molar-refractivity contribution is 6.33. The highest BCUT2D eigenvalue weighted by Crippen LogP contribution is 2.53. The van der Waals surface area contributed by atoms with Crippen LogP contribution in [0.25, 0.3) is 11.1 Å². The molecule has 1 N–H and O–H groups in total. The molecular formula is C31H29ClN2O2. The number of benzene rings is 4. The SMILES string of the molecule is CCN(CC)c1ccc(NC(=O)OC(c2ccccc2)C2c3ccccc3-c3c(Cl)cccc32)cc1. The maximum atomic E-state index is 13.2. The first-order chi connectivity index (χ1) is 17.6. The summed E-state index contributed by atoms with van der Waals surface area (Å²) in [5.74, 6) is -0.173. The fraction of sp³-hybridized carbons (Fsp3) is 0.194. The molecule has 4 aromatic carbocycles. The Bertz CT molecular complexity index is 1350. The summed E-state index contributed by atoms with van der Waals surface area (Å²) in [4.78, 5) is 15.5. The minimum atomic E-state index is -0.526. The molecule has 0 radical (unpaired) electrons. The number of ether oxygens (including phenoxy) is 1. The summed E-state index contributed by atoms with van der Waals surface area (Å²) in [5.41, 5.74) is 7.00. The third kappa shape index (κ3) is 4.57. The van der Waals surface area contributed by atoms with Gasteiger partial charge in [-0.05, 0) is 66.4 Å². The van der Waals surface area contributed by atoms with E-state index < -0.39 is 12.2 Å². The van der Waals surface area contributed by atoms with E-state index in [1.54, 1.807) is 0 Å². The van der Waals surface area contributed by atoms with Gasteiger partial charge < -0.3 is 9.64 Å². The lowest BCUT2D eigenvalue weighted by molar-refractivity contribution is 0.102. The van der Waals surface area contributed by atoms with Crippen molar-refractivity contribution in [3.63, 3.8) is 0 Å². The largest absolute Gasteiger partial charge is 0.440 e. The fourth-order valence-corrected chi connectivity index (χ4v) is 5.44. The molecule has 0 saturated carbocycles. The molecule has 2 atom stereocenters. The van der Waals surface area contributed by atoms with Gasteiger partial charge in [-0.3, -0.25) is 5.32 Å².